The van der Waals surface area contributed by atoms with Gasteiger partial charge in [0.1, 0.15) is 6.07 Å². The summed E-state index contributed by atoms with van der Waals surface area (Å²) in [4.78, 5) is 0. The summed E-state index contributed by atoms with van der Waals surface area (Å²) >= 11 is 3.11. The highest BCUT2D eigenvalue weighted by Crippen LogP contribution is 2.15. The van der Waals surface area contributed by atoms with Crippen molar-refractivity contribution in [1.29, 1.82) is 5.26 Å². The van der Waals surface area contributed by atoms with Crippen LogP contribution in [-0.2, 0) is 0 Å². The molecule has 40 valence electrons. The minimum atomic E-state index is 0.324. The molecular weight excluding hydrogens is 170 g/mol. The van der Waals surface area contributed by atoms with Crippen molar-refractivity contribution in [3.05, 3.63) is 22.6 Å². The average Bonchev–Trinajstić information content (AvgIpc) is 2.14. The molecule has 0 aliphatic rings. The summed E-state index contributed by atoms with van der Waals surface area (Å²) in [6, 6.07) is 3.54. The van der Waals surface area contributed by atoms with E-state index in [0.717, 1.165) is 0 Å². The van der Waals surface area contributed by atoms with Gasteiger partial charge in [-0.2, -0.15) is 5.26 Å². The van der Waals surface area contributed by atoms with Crippen molar-refractivity contribution >= 4 is 15.9 Å². The second-order valence-corrected chi connectivity index (χ2v) is 2.06. The summed E-state index contributed by atoms with van der Waals surface area (Å²) < 4.78 is 5.41. The van der Waals surface area contributed by atoms with E-state index < -0.39 is 0 Å². The maximum absolute atomic E-state index is 8.23. The van der Waals surface area contributed by atoms with Crippen LogP contribution in [0.5, 0.6) is 0 Å². The fourth-order valence-electron chi connectivity index (χ4n) is 0.374. The Bertz CT molecular complexity index is 223. The molecule has 0 saturated carbocycles. The first-order chi connectivity index (χ1) is 3.84. The van der Waals surface area contributed by atoms with E-state index in [1.54, 1.807) is 6.07 Å². The minimum absolute atomic E-state index is 0.324. The molecule has 0 spiro atoms. The molecule has 1 heterocycles. The van der Waals surface area contributed by atoms with Gasteiger partial charge in [0.15, 0.2) is 0 Å². The van der Waals surface area contributed by atoms with Crippen LogP contribution in [0.3, 0.4) is 0 Å². The summed E-state index contributed by atoms with van der Waals surface area (Å²) in [5.41, 5.74) is 0. The van der Waals surface area contributed by atoms with Crippen LogP contribution in [0.2, 0.25) is 0 Å². The first kappa shape index (κ1) is 5.39. The molecule has 3 heteroatoms. The molecule has 0 unspecified atom stereocenters. The molecule has 1 rings (SSSR count). The van der Waals surface area contributed by atoms with Gasteiger partial charge in [0.05, 0.1) is 10.7 Å². The van der Waals surface area contributed by atoms with E-state index in [0.29, 0.717) is 10.2 Å². The molecule has 0 saturated heterocycles. The largest absolute Gasteiger partial charge is 0.453 e. The Kier molecular flexibility index (Phi) is 1.36. The van der Waals surface area contributed by atoms with Crippen LogP contribution in [0.25, 0.3) is 0 Å². The number of rotatable bonds is 0. The van der Waals surface area contributed by atoms with E-state index in [-0.39, 0.29) is 0 Å². The monoisotopic (exact) mass is 171 g/mol. The highest BCUT2D eigenvalue weighted by atomic mass is 79.9. The van der Waals surface area contributed by atoms with Crippen LogP contribution in [0.4, 0.5) is 0 Å². The van der Waals surface area contributed by atoms with Gasteiger partial charge >= 0.3 is 0 Å². The highest BCUT2D eigenvalue weighted by molar-refractivity contribution is 9.10. The third kappa shape index (κ3) is 0.749. The molecule has 0 aromatic carbocycles. The average molecular weight is 172 g/mol. The van der Waals surface area contributed by atoms with Crippen molar-refractivity contribution in [2.75, 3.05) is 0 Å². The molecule has 0 N–H and O–H groups in total. The Hall–Kier alpha value is -0.750. The first-order valence-corrected chi connectivity index (χ1v) is 2.77. The maximum Gasteiger partial charge on any atom is 0.217 e. The lowest BCUT2D eigenvalue weighted by Crippen LogP contribution is -1.61. The van der Waals surface area contributed by atoms with Gasteiger partial charge in [0.2, 0.25) is 5.76 Å². The summed E-state index contributed by atoms with van der Waals surface area (Å²) in [6.45, 7) is 0. The molecule has 0 aliphatic carbocycles. The van der Waals surface area contributed by atoms with Crippen LogP contribution in [0.1, 0.15) is 5.76 Å². The Morgan fingerprint density at radius 3 is 2.75 bits per heavy atom. The standard InChI is InChI=1S/C5H2BrNO/c6-4-1-2-8-5(4)3-7/h1-2H. The van der Waals surface area contributed by atoms with Gasteiger partial charge in [-0.05, 0) is 22.0 Å². The molecule has 1 aromatic rings. The van der Waals surface area contributed by atoms with Crippen molar-refractivity contribution in [2.45, 2.75) is 0 Å². The van der Waals surface area contributed by atoms with Crippen LogP contribution in [-0.4, -0.2) is 0 Å². The topological polar surface area (TPSA) is 36.9 Å². The second kappa shape index (κ2) is 2.01. The SMILES string of the molecule is N#Cc1occc1Br. The van der Waals surface area contributed by atoms with E-state index in [1.807, 2.05) is 6.07 Å². The zero-order valence-electron chi connectivity index (χ0n) is 3.89. The third-order valence-electron chi connectivity index (χ3n) is 0.719. The summed E-state index contributed by atoms with van der Waals surface area (Å²) in [6.07, 6.45) is 1.46. The van der Waals surface area contributed by atoms with E-state index in [4.69, 9.17) is 9.68 Å². The number of nitriles is 1. The molecule has 0 radical (unpaired) electrons. The second-order valence-electron chi connectivity index (χ2n) is 1.21. The Morgan fingerprint density at radius 2 is 2.50 bits per heavy atom. The van der Waals surface area contributed by atoms with Gasteiger partial charge in [-0.25, -0.2) is 0 Å². The quantitative estimate of drug-likeness (QED) is 0.599. The Balaban J connectivity index is 3.15. The number of nitrogens with zero attached hydrogens (tertiary/aromatic N) is 1. The molecule has 0 aliphatic heterocycles. The van der Waals surface area contributed by atoms with E-state index >= 15 is 0 Å². The lowest BCUT2D eigenvalue weighted by Gasteiger charge is -1.73. The Labute approximate surface area is 54.9 Å². The van der Waals surface area contributed by atoms with Crippen molar-refractivity contribution in [1.82, 2.24) is 0 Å². The predicted octanol–water partition coefficient (Wildman–Crippen LogP) is 1.91. The van der Waals surface area contributed by atoms with Gasteiger partial charge in [0.25, 0.3) is 0 Å². The number of furan rings is 1. The van der Waals surface area contributed by atoms with Gasteiger partial charge in [0, 0.05) is 0 Å². The number of halogens is 1. The van der Waals surface area contributed by atoms with Crippen LogP contribution in [0, 0.1) is 11.3 Å². The zero-order valence-corrected chi connectivity index (χ0v) is 5.47. The van der Waals surface area contributed by atoms with Crippen LogP contribution in [0.15, 0.2) is 21.2 Å². The third-order valence-corrected chi connectivity index (χ3v) is 1.34. The highest BCUT2D eigenvalue weighted by Gasteiger charge is 1.97. The molecule has 0 fully saturated rings. The lowest BCUT2D eigenvalue weighted by atomic mass is 10.5. The lowest BCUT2D eigenvalue weighted by molar-refractivity contribution is 0.551. The number of hydrogen-bond donors (Lipinski definition) is 0. The molecule has 8 heavy (non-hydrogen) atoms. The van der Waals surface area contributed by atoms with E-state index in [2.05, 4.69) is 15.9 Å². The van der Waals surface area contributed by atoms with Gasteiger partial charge in [-0.15, -0.1) is 0 Å². The van der Waals surface area contributed by atoms with Gasteiger partial charge < -0.3 is 4.42 Å². The predicted molar refractivity (Wildman–Crippen MR) is 31.1 cm³/mol. The van der Waals surface area contributed by atoms with Gasteiger partial charge in [-0.1, -0.05) is 0 Å². The van der Waals surface area contributed by atoms with Crippen molar-refractivity contribution < 1.29 is 4.42 Å². The minimum Gasteiger partial charge on any atom is -0.453 e. The molecule has 0 bridgehead atoms. The van der Waals surface area contributed by atoms with Crippen LogP contribution < -0.4 is 0 Å². The number of hydrogen-bond acceptors (Lipinski definition) is 2. The first-order valence-electron chi connectivity index (χ1n) is 1.97. The smallest absolute Gasteiger partial charge is 0.217 e. The maximum atomic E-state index is 8.23. The molecule has 1 aromatic heterocycles. The summed E-state index contributed by atoms with van der Waals surface area (Å²) in [5, 5.41) is 8.23. The van der Waals surface area contributed by atoms with Crippen LogP contribution >= 0.6 is 15.9 Å². The molecule has 2 nitrogen and oxygen atoms in total. The summed E-state index contributed by atoms with van der Waals surface area (Å²) in [7, 11) is 0. The summed E-state index contributed by atoms with van der Waals surface area (Å²) in [5.74, 6) is 0.324. The fourth-order valence-corrected chi connectivity index (χ4v) is 0.664. The van der Waals surface area contributed by atoms with E-state index in [9.17, 15) is 0 Å². The molecular formula is C5H2BrNO. The van der Waals surface area contributed by atoms with Crippen molar-refractivity contribution in [2.24, 2.45) is 0 Å². The van der Waals surface area contributed by atoms with E-state index in [1.165, 1.54) is 6.26 Å². The van der Waals surface area contributed by atoms with Gasteiger partial charge in [-0.3, -0.25) is 0 Å². The van der Waals surface area contributed by atoms with Crippen molar-refractivity contribution in [3.63, 3.8) is 0 Å². The van der Waals surface area contributed by atoms with Crippen molar-refractivity contribution in [3.8, 4) is 6.07 Å². The molecule has 0 atom stereocenters. The fraction of sp³-hybridized carbons (Fsp3) is 0. The molecule has 0 amide bonds. The normalized spacial score (nSPS) is 8.50. The zero-order chi connectivity index (χ0) is 5.98. The Morgan fingerprint density at radius 1 is 1.75 bits per heavy atom.